The second-order valence-corrected chi connectivity index (χ2v) is 4.69. The molecule has 0 fully saturated rings. The van der Waals surface area contributed by atoms with Crippen LogP contribution in [0.1, 0.15) is 15.9 Å². The molecule has 0 saturated carbocycles. The molecular formula is C15H15N3O4. The predicted octanol–water partition coefficient (Wildman–Crippen LogP) is 2.75. The fourth-order valence-corrected chi connectivity index (χ4v) is 1.96. The second-order valence-electron chi connectivity index (χ2n) is 4.69. The summed E-state index contributed by atoms with van der Waals surface area (Å²) in [5.74, 6) is 0.0240. The Hall–Kier alpha value is -3.09. The molecule has 0 atom stereocenters. The quantitative estimate of drug-likeness (QED) is 0.513. The van der Waals surface area contributed by atoms with Crippen molar-refractivity contribution >= 4 is 23.0 Å². The van der Waals surface area contributed by atoms with Crippen molar-refractivity contribution in [2.45, 2.75) is 6.92 Å². The summed E-state index contributed by atoms with van der Waals surface area (Å²) in [6.45, 7) is 1.88. The van der Waals surface area contributed by atoms with E-state index in [2.05, 4.69) is 5.32 Å². The zero-order chi connectivity index (χ0) is 16.3. The van der Waals surface area contributed by atoms with E-state index in [0.29, 0.717) is 11.4 Å². The Morgan fingerprint density at radius 3 is 2.64 bits per heavy atom. The third-order valence-corrected chi connectivity index (χ3v) is 3.09. The largest absolute Gasteiger partial charge is 0.495 e. The van der Waals surface area contributed by atoms with Crippen LogP contribution in [0.5, 0.6) is 5.75 Å². The normalized spacial score (nSPS) is 10.1. The Labute approximate surface area is 126 Å². The van der Waals surface area contributed by atoms with Crippen molar-refractivity contribution in [3.8, 4) is 5.75 Å². The van der Waals surface area contributed by atoms with E-state index in [1.807, 2.05) is 13.0 Å². The second kappa shape index (κ2) is 6.13. The van der Waals surface area contributed by atoms with Gasteiger partial charge in [0.2, 0.25) is 0 Å². The molecule has 0 heterocycles. The van der Waals surface area contributed by atoms with Gasteiger partial charge in [-0.3, -0.25) is 14.9 Å². The number of nitro benzene ring substituents is 1. The number of nitrogens with one attached hydrogen (secondary N) is 1. The van der Waals surface area contributed by atoms with Crippen LogP contribution in [-0.4, -0.2) is 17.9 Å². The molecule has 0 aliphatic heterocycles. The van der Waals surface area contributed by atoms with Gasteiger partial charge in [0.25, 0.3) is 11.6 Å². The molecule has 22 heavy (non-hydrogen) atoms. The van der Waals surface area contributed by atoms with Crippen molar-refractivity contribution < 1.29 is 14.5 Å². The number of hydrogen-bond donors (Lipinski definition) is 2. The van der Waals surface area contributed by atoms with Gasteiger partial charge >= 0.3 is 0 Å². The highest BCUT2D eigenvalue weighted by Gasteiger charge is 2.16. The lowest BCUT2D eigenvalue weighted by molar-refractivity contribution is -0.383. The molecule has 2 aromatic rings. The third-order valence-electron chi connectivity index (χ3n) is 3.09. The number of amides is 1. The van der Waals surface area contributed by atoms with Gasteiger partial charge in [0.1, 0.15) is 11.4 Å². The number of methoxy groups -OCH3 is 1. The Morgan fingerprint density at radius 1 is 1.27 bits per heavy atom. The number of anilines is 2. The molecule has 0 aliphatic rings. The molecule has 2 rings (SSSR count). The maximum atomic E-state index is 12.2. The fourth-order valence-electron chi connectivity index (χ4n) is 1.96. The number of nitro groups is 1. The lowest BCUT2D eigenvalue weighted by Gasteiger charge is -2.11. The van der Waals surface area contributed by atoms with Crippen molar-refractivity contribution in [3.05, 3.63) is 57.6 Å². The summed E-state index contributed by atoms with van der Waals surface area (Å²) in [4.78, 5) is 22.5. The smallest absolute Gasteiger partial charge is 0.292 e. The molecule has 0 radical (unpaired) electrons. The molecule has 2 aromatic carbocycles. The van der Waals surface area contributed by atoms with E-state index in [9.17, 15) is 14.9 Å². The number of carbonyl (C=O) groups is 1. The van der Waals surface area contributed by atoms with Crippen molar-refractivity contribution in [2.24, 2.45) is 0 Å². The number of aryl methyl sites for hydroxylation is 1. The van der Waals surface area contributed by atoms with Crippen LogP contribution >= 0.6 is 0 Å². The van der Waals surface area contributed by atoms with E-state index in [4.69, 9.17) is 10.5 Å². The van der Waals surface area contributed by atoms with E-state index >= 15 is 0 Å². The molecule has 1 amide bonds. The molecule has 0 aliphatic carbocycles. The number of rotatable bonds is 4. The third kappa shape index (κ3) is 3.14. The summed E-state index contributed by atoms with van der Waals surface area (Å²) >= 11 is 0. The number of ether oxygens (including phenoxy) is 1. The van der Waals surface area contributed by atoms with Gasteiger partial charge in [-0.15, -0.1) is 0 Å². The molecule has 3 N–H and O–H groups in total. The first kappa shape index (κ1) is 15.3. The van der Waals surface area contributed by atoms with Crippen LogP contribution in [0.15, 0.2) is 36.4 Å². The maximum absolute atomic E-state index is 12.2. The highest BCUT2D eigenvalue weighted by molar-refractivity contribution is 6.05. The van der Waals surface area contributed by atoms with E-state index in [-0.39, 0.29) is 16.9 Å². The molecule has 114 valence electrons. The Kier molecular flexibility index (Phi) is 4.26. The van der Waals surface area contributed by atoms with Gasteiger partial charge in [0.15, 0.2) is 0 Å². The van der Waals surface area contributed by atoms with Gasteiger partial charge in [0, 0.05) is 11.6 Å². The zero-order valence-corrected chi connectivity index (χ0v) is 12.1. The van der Waals surface area contributed by atoms with Crippen molar-refractivity contribution in [3.63, 3.8) is 0 Å². The SMILES string of the molecule is COc1ccc(C)cc1NC(=O)c1ccc(N)c([N+](=O)[O-])c1. The van der Waals surface area contributed by atoms with Gasteiger partial charge in [0.05, 0.1) is 17.7 Å². The summed E-state index contributed by atoms with van der Waals surface area (Å²) in [6, 6.07) is 9.24. The minimum Gasteiger partial charge on any atom is -0.495 e. The monoisotopic (exact) mass is 301 g/mol. The highest BCUT2D eigenvalue weighted by atomic mass is 16.6. The van der Waals surface area contributed by atoms with Gasteiger partial charge in [-0.25, -0.2) is 0 Å². The summed E-state index contributed by atoms with van der Waals surface area (Å²) < 4.78 is 5.18. The molecule has 7 nitrogen and oxygen atoms in total. The van der Waals surface area contributed by atoms with Gasteiger partial charge in [-0.1, -0.05) is 6.07 Å². The first-order valence-electron chi connectivity index (χ1n) is 6.42. The van der Waals surface area contributed by atoms with E-state index in [1.165, 1.54) is 19.2 Å². The van der Waals surface area contributed by atoms with Gasteiger partial charge < -0.3 is 15.8 Å². The minimum atomic E-state index is -0.626. The van der Waals surface area contributed by atoms with Crippen LogP contribution in [0.25, 0.3) is 0 Å². The number of nitrogens with two attached hydrogens (primary N) is 1. The minimum absolute atomic E-state index is 0.00897. The highest BCUT2D eigenvalue weighted by Crippen LogP contribution is 2.27. The van der Waals surface area contributed by atoms with Crippen molar-refractivity contribution in [1.82, 2.24) is 0 Å². The van der Waals surface area contributed by atoms with Crippen LogP contribution < -0.4 is 15.8 Å². The van der Waals surface area contributed by atoms with Crippen LogP contribution in [0.4, 0.5) is 17.1 Å². The molecule has 0 spiro atoms. The average molecular weight is 301 g/mol. The first-order chi connectivity index (χ1) is 10.4. The molecule has 0 bridgehead atoms. The number of nitrogens with zero attached hydrogens (tertiary/aromatic N) is 1. The summed E-state index contributed by atoms with van der Waals surface area (Å²) in [6.07, 6.45) is 0. The molecule has 0 saturated heterocycles. The standard InChI is InChI=1S/C15H15N3O4/c1-9-3-6-14(22-2)12(7-9)17-15(19)10-4-5-11(16)13(8-10)18(20)21/h3-8H,16H2,1-2H3,(H,17,19). The lowest BCUT2D eigenvalue weighted by atomic mass is 10.1. The Morgan fingerprint density at radius 2 is 2.00 bits per heavy atom. The topological polar surface area (TPSA) is 107 Å². The van der Waals surface area contributed by atoms with Crippen molar-refractivity contribution in [1.29, 1.82) is 0 Å². The number of benzene rings is 2. The number of nitrogen functional groups attached to an aromatic ring is 1. The Balaban J connectivity index is 2.32. The Bertz CT molecular complexity index is 744. The summed E-state index contributed by atoms with van der Waals surface area (Å²) in [5, 5.41) is 13.6. The van der Waals surface area contributed by atoms with Crippen LogP contribution in [0.2, 0.25) is 0 Å². The van der Waals surface area contributed by atoms with Gasteiger partial charge in [-0.05, 0) is 36.8 Å². The molecule has 0 aromatic heterocycles. The number of carbonyl (C=O) groups excluding carboxylic acids is 1. The van der Waals surface area contributed by atoms with Crippen molar-refractivity contribution in [2.75, 3.05) is 18.2 Å². The summed E-state index contributed by atoms with van der Waals surface area (Å²) in [7, 11) is 1.49. The van der Waals surface area contributed by atoms with E-state index in [0.717, 1.165) is 11.6 Å². The molecule has 0 unspecified atom stereocenters. The van der Waals surface area contributed by atoms with Crippen LogP contribution in [0, 0.1) is 17.0 Å². The summed E-state index contributed by atoms with van der Waals surface area (Å²) in [5.41, 5.74) is 6.80. The van der Waals surface area contributed by atoms with E-state index < -0.39 is 10.8 Å². The van der Waals surface area contributed by atoms with Crippen LogP contribution in [-0.2, 0) is 0 Å². The van der Waals surface area contributed by atoms with Gasteiger partial charge in [-0.2, -0.15) is 0 Å². The zero-order valence-electron chi connectivity index (χ0n) is 12.1. The van der Waals surface area contributed by atoms with E-state index in [1.54, 1.807) is 12.1 Å². The van der Waals surface area contributed by atoms with Crippen LogP contribution in [0.3, 0.4) is 0 Å². The molecular weight excluding hydrogens is 286 g/mol. The number of hydrogen-bond acceptors (Lipinski definition) is 5. The average Bonchev–Trinajstić information content (AvgIpc) is 2.47. The fraction of sp³-hybridized carbons (Fsp3) is 0.133. The molecule has 7 heteroatoms. The predicted molar refractivity (Wildman–Crippen MR) is 83.2 cm³/mol. The lowest BCUT2D eigenvalue weighted by Crippen LogP contribution is -2.13. The first-order valence-corrected chi connectivity index (χ1v) is 6.42. The maximum Gasteiger partial charge on any atom is 0.292 e.